The van der Waals surface area contributed by atoms with Crippen molar-refractivity contribution in [2.45, 2.75) is 11.9 Å². The van der Waals surface area contributed by atoms with Crippen LogP contribution in [0.15, 0.2) is 0 Å². The highest BCUT2D eigenvalue weighted by Gasteiger charge is 2.17. The lowest BCUT2D eigenvalue weighted by molar-refractivity contribution is -0.119. The lowest BCUT2D eigenvalue weighted by atomic mass is 10.4. The van der Waals surface area contributed by atoms with Crippen molar-refractivity contribution in [3.63, 3.8) is 0 Å². The molecule has 0 aromatic carbocycles. The van der Waals surface area contributed by atoms with Crippen molar-refractivity contribution in [2.75, 3.05) is 0 Å². The van der Waals surface area contributed by atoms with E-state index in [4.69, 9.17) is 11.6 Å². The number of alkyl halides is 1. The second kappa shape index (κ2) is 1.70. The van der Waals surface area contributed by atoms with Gasteiger partial charge < -0.3 is 5.32 Å². The molecule has 1 amide bonds. The lowest BCUT2D eigenvalue weighted by Gasteiger charge is -1.92. The highest BCUT2D eigenvalue weighted by Crippen LogP contribution is 2.07. The van der Waals surface area contributed by atoms with Crippen LogP contribution < -0.4 is 5.32 Å². The molecule has 0 aromatic heterocycles. The molecule has 39 valence electrons. The predicted octanol–water partition coefficient (Wildman–Crippen LogP) is 0.275. The molecule has 0 aromatic rings. The Hall–Kier alpha value is -0.240. The zero-order chi connectivity index (χ0) is 5.28. The van der Waals surface area contributed by atoms with Crippen molar-refractivity contribution in [3.05, 3.63) is 6.42 Å². The molecule has 2 nitrogen and oxygen atoms in total. The highest BCUT2D eigenvalue weighted by molar-refractivity contribution is 6.23. The van der Waals surface area contributed by atoms with Crippen molar-refractivity contribution in [3.8, 4) is 0 Å². The first-order chi connectivity index (χ1) is 3.29. The standard InChI is InChI=1S/C4H5ClNO/c5-3-1-2-4(7)6-3/h1,3H,2H2,(H,6,7). The Balaban J connectivity index is 2.40. The Morgan fingerprint density at radius 1 is 2.00 bits per heavy atom. The number of hydrogen-bond donors (Lipinski definition) is 1. The molecule has 1 radical (unpaired) electrons. The number of amides is 1. The molecule has 1 unspecified atom stereocenters. The van der Waals surface area contributed by atoms with Gasteiger partial charge in [-0.3, -0.25) is 4.79 Å². The summed E-state index contributed by atoms with van der Waals surface area (Å²) in [5.74, 6) is 0.0139. The average Bonchev–Trinajstić information content (AvgIpc) is 1.87. The van der Waals surface area contributed by atoms with Gasteiger partial charge in [0.2, 0.25) is 5.91 Å². The first-order valence-corrected chi connectivity index (χ1v) is 2.49. The summed E-state index contributed by atoms with van der Waals surface area (Å²) >= 11 is 5.42. The van der Waals surface area contributed by atoms with E-state index in [2.05, 4.69) is 5.32 Å². The maximum Gasteiger partial charge on any atom is 0.221 e. The van der Waals surface area contributed by atoms with Gasteiger partial charge in [0.25, 0.3) is 0 Å². The smallest absolute Gasteiger partial charge is 0.221 e. The van der Waals surface area contributed by atoms with Gasteiger partial charge in [-0.25, -0.2) is 0 Å². The number of carbonyl (C=O) groups excluding carboxylic acids is 1. The van der Waals surface area contributed by atoms with Crippen molar-refractivity contribution in [2.24, 2.45) is 0 Å². The van der Waals surface area contributed by atoms with Gasteiger partial charge in [0.1, 0.15) is 5.50 Å². The molecule has 1 atom stereocenters. The van der Waals surface area contributed by atoms with Crippen molar-refractivity contribution in [1.82, 2.24) is 5.32 Å². The third kappa shape index (κ3) is 1.06. The topological polar surface area (TPSA) is 29.1 Å². The van der Waals surface area contributed by atoms with Gasteiger partial charge in [-0.05, 0) is 0 Å². The maximum absolute atomic E-state index is 10.2. The van der Waals surface area contributed by atoms with Crippen LogP contribution in [0.25, 0.3) is 0 Å². The molecule has 0 saturated carbocycles. The van der Waals surface area contributed by atoms with Crippen molar-refractivity contribution < 1.29 is 4.79 Å². The fourth-order valence-electron chi connectivity index (χ4n) is 0.482. The second-order valence-electron chi connectivity index (χ2n) is 1.41. The predicted molar refractivity (Wildman–Crippen MR) is 26.7 cm³/mol. The molecule has 0 spiro atoms. The van der Waals surface area contributed by atoms with E-state index in [1.54, 1.807) is 6.42 Å². The van der Waals surface area contributed by atoms with Gasteiger partial charge in [-0.2, -0.15) is 0 Å². The molecule has 1 heterocycles. The molecule has 1 rings (SSSR count). The van der Waals surface area contributed by atoms with Crippen molar-refractivity contribution in [1.29, 1.82) is 0 Å². The summed E-state index contributed by atoms with van der Waals surface area (Å²) in [5.41, 5.74) is -0.229. The largest absolute Gasteiger partial charge is 0.340 e. The fraction of sp³-hybridized carbons (Fsp3) is 0.500. The van der Waals surface area contributed by atoms with Gasteiger partial charge in [0.05, 0.1) is 0 Å². The average molecular weight is 119 g/mol. The summed E-state index contributed by atoms with van der Waals surface area (Å²) in [6.45, 7) is 0. The molecule has 1 aliphatic heterocycles. The second-order valence-corrected chi connectivity index (χ2v) is 1.88. The molecule has 3 heteroatoms. The minimum Gasteiger partial charge on any atom is -0.340 e. The monoisotopic (exact) mass is 118 g/mol. The number of halogens is 1. The Morgan fingerprint density at radius 2 is 2.71 bits per heavy atom. The summed E-state index contributed by atoms with van der Waals surface area (Å²) in [6, 6.07) is 0. The summed E-state index contributed by atoms with van der Waals surface area (Å²) in [7, 11) is 0. The van der Waals surface area contributed by atoms with Crippen LogP contribution in [-0.4, -0.2) is 11.4 Å². The Kier molecular flexibility index (Phi) is 1.19. The fourth-order valence-corrected chi connectivity index (χ4v) is 0.693. The molecule has 1 fully saturated rings. The number of carbonyl (C=O) groups is 1. The van der Waals surface area contributed by atoms with Crippen LogP contribution in [0.3, 0.4) is 0 Å². The quantitative estimate of drug-likeness (QED) is 0.359. The Bertz CT molecular complexity index is 93.7. The van der Waals surface area contributed by atoms with E-state index in [-0.39, 0.29) is 11.4 Å². The minimum atomic E-state index is -0.229. The van der Waals surface area contributed by atoms with Crippen molar-refractivity contribution >= 4 is 17.5 Å². The maximum atomic E-state index is 10.2. The van der Waals surface area contributed by atoms with E-state index in [1.807, 2.05) is 0 Å². The first kappa shape index (κ1) is 4.91. The van der Waals surface area contributed by atoms with Crippen LogP contribution in [0.1, 0.15) is 6.42 Å². The van der Waals surface area contributed by atoms with Crippen LogP contribution in [0.4, 0.5) is 0 Å². The Morgan fingerprint density at radius 3 is 2.86 bits per heavy atom. The van der Waals surface area contributed by atoms with Gasteiger partial charge in [0.15, 0.2) is 0 Å². The van der Waals surface area contributed by atoms with Crippen LogP contribution in [0, 0.1) is 6.42 Å². The third-order valence-electron chi connectivity index (χ3n) is 0.809. The highest BCUT2D eigenvalue weighted by atomic mass is 35.5. The molecule has 1 N–H and O–H groups in total. The molecule has 1 aliphatic rings. The minimum absolute atomic E-state index is 0.0139. The summed E-state index contributed by atoms with van der Waals surface area (Å²) in [5, 5.41) is 2.49. The molecule has 0 bridgehead atoms. The lowest BCUT2D eigenvalue weighted by Crippen LogP contribution is -2.19. The number of rotatable bonds is 0. The summed E-state index contributed by atoms with van der Waals surface area (Å²) < 4.78 is 0. The van der Waals surface area contributed by atoms with E-state index in [0.717, 1.165) is 0 Å². The molecule has 1 saturated heterocycles. The van der Waals surface area contributed by atoms with E-state index in [1.165, 1.54) is 0 Å². The van der Waals surface area contributed by atoms with Crippen LogP contribution in [0.5, 0.6) is 0 Å². The van der Waals surface area contributed by atoms with E-state index in [0.29, 0.717) is 6.42 Å². The normalized spacial score (nSPS) is 30.4. The van der Waals surface area contributed by atoms with Gasteiger partial charge in [-0.15, -0.1) is 0 Å². The number of hydrogen-bond acceptors (Lipinski definition) is 1. The zero-order valence-corrected chi connectivity index (χ0v) is 4.40. The third-order valence-corrected chi connectivity index (χ3v) is 1.10. The summed E-state index contributed by atoms with van der Waals surface area (Å²) in [6.07, 6.45) is 2.19. The van der Waals surface area contributed by atoms with E-state index < -0.39 is 0 Å². The first-order valence-electron chi connectivity index (χ1n) is 2.06. The van der Waals surface area contributed by atoms with E-state index >= 15 is 0 Å². The number of nitrogens with one attached hydrogen (secondary N) is 1. The van der Waals surface area contributed by atoms with Gasteiger partial charge in [0, 0.05) is 12.8 Å². The van der Waals surface area contributed by atoms with E-state index in [9.17, 15) is 4.79 Å². The molecule has 0 aliphatic carbocycles. The van der Waals surface area contributed by atoms with Gasteiger partial charge >= 0.3 is 0 Å². The molecular weight excluding hydrogens is 114 g/mol. The van der Waals surface area contributed by atoms with Crippen LogP contribution >= 0.6 is 11.6 Å². The Labute approximate surface area is 46.8 Å². The van der Waals surface area contributed by atoms with Crippen LogP contribution in [-0.2, 0) is 4.79 Å². The van der Waals surface area contributed by atoms with Gasteiger partial charge in [-0.1, -0.05) is 11.6 Å². The summed E-state index contributed by atoms with van der Waals surface area (Å²) in [4.78, 5) is 10.2. The van der Waals surface area contributed by atoms with Crippen LogP contribution in [0.2, 0.25) is 0 Å². The molecule has 7 heavy (non-hydrogen) atoms. The molecular formula is C4H5ClNO. The zero-order valence-electron chi connectivity index (χ0n) is 3.65. The SMILES string of the molecule is O=C1C[CH]C(Cl)N1.